The van der Waals surface area contributed by atoms with E-state index in [2.05, 4.69) is 27.4 Å². The van der Waals surface area contributed by atoms with Crippen LogP contribution in [-0.2, 0) is 25.6 Å². The van der Waals surface area contributed by atoms with Crippen molar-refractivity contribution in [1.82, 2.24) is 0 Å². The number of hydrogen-bond donors (Lipinski definition) is 2. The first-order chi connectivity index (χ1) is 17.9. The summed E-state index contributed by atoms with van der Waals surface area (Å²) in [5.74, 6) is 0.0277. The minimum Gasteiger partial charge on any atom is -0.482 e. The predicted molar refractivity (Wildman–Crippen MR) is 144 cm³/mol. The Balaban J connectivity index is 1.44. The lowest BCUT2D eigenvalue weighted by molar-refractivity contribution is -0.207. The number of aliphatic hydroxyl groups excluding tert-OH is 1. The van der Waals surface area contributed by atoms with Gasteiger partial charge in [-0.1, -0.05) is 39.8 Å². The van der Waals surface area contributed by atoms with Crippen LogP contribution in [-0.4, -0.2) is 47.8 Å². The van der Waals surface area contributed by atoms with Crippen LogP contribution in [0.1, 0.15) is 70.9 Å². The Bertz CT molecular complexity index is 1150. The number of hydrogen-bond acceptors (Lipinski definition) is 7. The molecule has 0 aromatic heterocycles. The maximum Gasteiger partial charge on any atom is 0.492 e. The molecule has 1 aliphatic heterocycles. The summed E-state index contributed by atoms with van der Waals surface area (Å²) in [5, 5.41) is 21.8. The zero-order valence-electron chi connectivity index (χ0n) is 23.3. The van der Waals surface area contributed by atoms with Crippen LogP contribution in [0.5, 0.6) is 5.75 Å². The Kier molecular flexibility index (Phi) is 6.85. The monoisotopic (exact) mass is 524 g/mol. The predicted octanol–water partition coefficient (Wildman–Crippen LogP) is 3.50. The van der Waals surface area contributed by atoms with E-state index < -0.39 is 36.1 Å². The molecule has 0 unspecified atom stereocenters. The SMILES string of the molecule is C=C[C@]1(C)C[C@@H](OC(=O)COc2ccc3c(c2C)B(O)OC3)[C@]2(C)[C@H](C)CC[C@]3(CCC(=O)[C@H]32)[C@@H](C)[C@@H]1O. The molecule has 8 heteroatoms. The number of esters is 1. The van der Waals surface area contributed by atoms with Crippen molar-refractivity contribution in [3.63, 3.8) is 0 Å². The minimum absolute atomic E-state index is 0.0733. The van der Waals surface area contributed by atoms with Crippen LogP contribution >= 0.6 is 0 Å². The highest BCUT2D eigenvalue weighted by molar-refractivity contribution is 6.62. The smallest absolute Gasteiger partial charge is 0.482 e. The van der Waals surface area contributed by atoms with Gasteiger partial charge < -0.3 is 24.3 Å². The summed E-state index contributed by atoms with van der Waals surface area (Å²) in [5.41, 5.74) is 0.760. The first-order valence-electron chi connectivity index (χ1n) is 14.0. The third-order valence-corrected chi connectivity index (χ3v) is 11.1. The summed E-state index contributed by atoms with van der Waals surface area (Å²) >= 11 is 0. The van der Waals surface area contributed by atoms with Gasteiger partial charge in [-0.25, -0.2) is 4.79 Å². The standard InChI is InChI=1S/C30H41BO7/c1-7-28(5)14-23(38-24(33)16-36-22-9-8-20-15-37-31(35)25(20)18(22)3)29(6)17(2)10-12-30(19(4)27(28)34)13-11-21(32)26(29)30/h7-9,17,19,23,26-27,34-35H,1,10-16H2,2-6H3/t17-,19+,23-,26+,27+,28-,29+,30+/m1/s1. The lowest BCUT2D eigenvalue weighted by atomic mass is 9.44. The summed E-state index contributed by atoms with van der Waals surface area (Å²) in [4.78, 5) is 26.8. The molecular formula is C30H41BO7. The van der Waals surface area contributed by atoms with Crippen molar-refractivity contribution in [3.05, 3.63) is 35.9 Å². The number of carbonyl (C=O) groups excluding carboxylic acids is 2. The Hall–Kier alpha value is -2.16. The van der Waals surface area contributed by atoms with Gasteiger partial charge in [0.1, 0.15) is 17.6 Å². The average molecular weight is 524 g/mol. The second kappa shape index (κ2) is 9.49. The molecule has 8 atom stereocenters. The number of ether oxygens (including phenoxy) is 2. The summed E-state index contributed by atoms with van der Waals surface area (Å²) in [6, 6.07) is 3.61. The Morgan fingerprint density at radius 2 is 2.03 bits per heavy atom. The molecule has 1 aromatic carbocycles. The molecule has 0 spiro atoms. The highest BCUT2D eigenvalue weighted by atomic mass is 16.6. The van der Waals surface area contributed by atoms with E-state index >= 15 is 0 Å². The second-order valence-electron chi connectivity index (χ2n) is 12.8. The van der Waals surface area contributed by atoms with E-state index in [4.69, 9.17) is 14.1 Å². The van der Waals surface area contributed by atoms with Gasteiger partial charge in [0.15, 0.2) is 6.61 Å². The number of aliphatic hydroxyl groups is 1. The van der Waals surface area contributed by atoms with Crippen LogP contribution in [0.15, 0.2) is 24.8 Å². The Labute approximate surface area is 226 Å². The molecule has 5 rings (SSSR count). The van der Waals surface area contributed by atoms with Crippen LogP contribution in [0.2, 0.25) is 0 Å². The van der Waals surface area contributed by atoms with Gasteiger partial charge in [0.05, 0.1) is 12.7 Å². The van der Waals surface area contributed by atoms with Gasteiger partial charge in [-0.3, -0.25) is 4.79 Å². The lowest BCUT2D eigenvalue weighted by Gasteiger charge is -2.61. The molecular weight excluding hydrogens is 483 g/mol. The number of Topliss-reactive ketones (excluding diaryl/α,β-unsaturated/α-hetero) is 1. The molecule has 2 bridgehead atoms. The fraction of sp³-hybridized carbons (Fsp3) is 0.667. The maximum absolute atomic E-state index is 13.5. The topological polar surface area (TPSA) is 102 Å². The normalized spacial score (nSPS) is 40.1. The molecule has 1 aromatic rings. The largest absolute Gasteiger partial charge is 0.492 e. The quantitative estimate of drug-likeness (QED) is 0.345. The maximum atomic E-state index is 13.5. The third kappa shape index (κ3) is 3.89. The molecule has 1 heterocycles. The van der Waals surface area contributed by atoms with Crippen molar-refractivity contribution in [3.8, 4) is 5.75 Å². The number of benzene rings is 1. The Morgan fingerprint density at radius 3 is 2.74 bits per heavy atom. The lowest BCUT2D eigenvalue weighted by Crippen LogP contribution is -2.63. The Morgan fingerprint density at radius 1 is 1.29 bits per heavy atom. The van der Waals surface area contributed by atoms with Crippen molar-refractivity contribution < 1.29 is 33.8 Å². The molecule has 206 valence electrons. The molecule has 7 nitrogen and oxygen atoms in total. The van der Waals surface area contributed by atoms with Crippen LogP contribution in [0, 0.1) is 40.9 Å². The molecule has 3 fully saturated rings. The molecule has 3 aliphatic carbocycles. The fourth-order valence-electron chi connectivity index (χ4n) is 8.47. The van der Waals surface area contributed by atoms with Crippen LogP contribution in [0.4, 0.5) is 0 Å². The zero-order valence-corrected chi connectivity index (χ0v) is 23.3. The number of fused-ring (bicyclic) bond motifs is 1. The molecule has 0 radical (unpaired) electrons. The van der Waals surface area contributed by atoms with Crippen molar-refractivity contribution in [1.29, 1.82) is 0 Å². The van der Waals surface area contributed by atoms with E-state index in [9.17, 15) is 19.7 Å². The van der Waals surface area contributed by atoms with Gasteiger partial charge in [0.2, 0.25) is 0 Å². The fourth-order valence-corrected chi connectivity index (χ4v) is 8.47. The van der Waals surface area contributed by atoms with E-state index in [1.54, 1.807) is 12.1 Å². The molecule has 2 N–H and O–H groups in total. The van der Waals surface area contributed by atoms with E-state index in [0.717, 1.165) is 30.4 Å². The first-order valence-corrected chi connectivity index (χ1v) is 14.0. The van der Waals surface area contributed by atoms with Gasteiger partial charge in [-0.2, -0.15) is 0 Å². The van der Waals surface area contributed by atoms with Crippen LogP contribution in [0.3, 0.4) is 0 Å². The van der Waals surface area contributed by atoms with Gasteiger partial charge in [-0.05, 0) is 72.5 Å². The molecule has 3 saturated carbocycles. The highest BCUT2D eigenvalue weighted by Gasteiger charge is 2.68. The van der Waals surface area contributed by atoms with E-state index in [-0.39, 0.29) is 35.6 Å². The van der Waals surface area contributed by atoms with Gasteiger partial charge in [0, 0.05) is 23.2 Å². The highest BCUT2D eigenvalue weighted by Crippen LogP contribution is 2.68. The molecule has 0 saturated heterocycles. The van der Waals surface area contributed by atoms with Crippen LogP contribution < -0.4 is 10.2 Å². The minimum atomic E-state index is -1.00. The van der Waals surface area contributed by atoms with Gasteiger partial charge in [-0.15, -0.1) is 6.58 Å². The van der Waals surface area contributed by atoms with Crippen molar-refractivity contribution in [2.75, 3.05) is 6.61 Å². The van der Waals surface area contributed by atoms with Crippen molar-refractivity contribution in [2.45, 2.75) is 85.5 Å². The third-order valence-electron chi connectivity index (χ3n) is 11.1. The number of ketones is 1. The van der Waals surface area contributed by atoms with Crippen molar-refractivity contribution in [2.24, 2.45) is 34.0 Å². The first kappa shape index (κ1) is 27.4. The van der Waals surface area contributed by atoms with Gasteiger partial charge in [0.25, 0.3) is 0 Å². The van der Waals surface area contributed by atoms with Crippen molar-refractivity contribution >= 4 is 24.3 Å². The number of carbonyl (C=O) groups is 2. The molecule has 0 amide bonds. The summed E-state index contributed by atoms with van der Waals surface area (Å²) in [7, 11) is -1.00. The summed E-state index contributed by atoms with van der Waals surface area (Å²) < 4.78 is 17.4. The molecule has 4 aliphatic rings. The van der Waals surface area contributed by atoms with E-state index in [1.165, 1.54) is 0 Å². The van der Waals surface area contributed by atoms with E-state index in [1.807, 2.05) is 19.9 Å². The summed E-state index contributed by atoms with van der Waals surface area (Å²) in [6.45, 7) is 14.3. The second-order valence-corrected chi connectivity index (χ2v) is 12.8. The molecule has 38 heavy (non-hydrogen) atoms. The number of rotatable bonds is 5. The van der Waals surface area contributed by atoms with Crippen LogP contribution in [0.25, 0.3) is 0 Å². The van der Waals surface area contributed by atoms with Gasteiger partial charge >= 0.3 is 13.1 Å². The average Bonchev–Trinajstić information content (AvgIpc) is 3.45. The summed E-state index contributed by atoms with van der Waals surface area (Å²) in [6.07, 6.45) is 3.98. The zero-order chi connectivity index (χ0) is 27.6. The van der Waals surface area contributed by atoms with E-state index in [0.29, 0.717) is 30.7 Å².